The lowest BCUT2D eigenvalue weighted by Crippen LogP contribution is -2.27. The first kappa shape index (κ1) is 16.0. The number of ether oxygens (including phenoxy) is 1. The molecule has 0 fully saturated rings. The van der Waals surface area contributed by atoms with Crippen molar-refractivity contribution < 1.29 is 14.3 Å². The molecule has 1 heterocycles. The molecular formula is C16H21NO3S. The van der Waals surface area contributed by atoms with Crippen molar-refractivity contribution >= 4 is 23.5 Å². The van der Waals surface area contributed by atoms with Gasteiger partial charge in [-0.2, -0.15) is 0 Å². The van der Waals surface area contributed by atoms with Crippen molar-refractivity contribution in [1.82, 2.24) is 5.32 Å². The van der Waals surface area contributed by atoms with Crippen LogP contribution in [-0.4, -0.2) is 36.7 Å². The van der Waals surface area contributed by atoms with Crippen LogP contribution in [0.15, 0.2) is 23.1 Å². The fourth-order valence-electron chi connectivity index (χ4n) is 2.16. The number of nitrogens with one attached hydrogen (secondary N) is 1. The molecule has 1 amide bonds. The van der Waals surface area contributed by atoms with Crippen molar-refractivity contribution in [2.24, 2.45) is 0 Å². The van der Waals surface area contributed by atoms with E-state index in [1.807, 2.05) is 13.8 Å². The fourth-order valence-corrected chi connectivity index (χ4v) is 3.30. The van der Waals surface area contributed by atoms with Crippen LogP contribution in [0.1, 0.15) is 47.4 Å². The van der Waals surface area contributed by atoms with E-state index in [4.69, 9.17) is 4.74 Å². The Hall–Kier alpha value is -1.33. The Kier molecular flexibility index (Phi) is 5.82. The van der Waals surface area contributed by atoms with Gasteiger partial charge in [0.15, 0.2) is 5.78 Å². The minimum absolute atomic E-state index is 0.112. The summed E-state index contributed by atoms with van der Waals surface area (Å²) < 4.78 is 5.43. The van der Waals surface area contributed by atoms with Gasteiger partial charge in [0.05, 0.1) is 11.7 Å². The molecule has 0 bridgehead atoms. The van der Waals surface area contributed by atoms with E-state index in [0.29, 0.717) is 30.7 Å². The molecule has 0 aliphatic carbocycles. The third-order valence-electron chi connectivity index (χ3n) is 3.19. The minimum Gasteiger partial charge on any atom is -0.379 e. The molecule has 2 rings (SSSR count). The Bertz CT molecular complexity index is 528. The van der Waals surface area contributed by atoms with Crippen LogP contribution in [0.4, 0.5) is 0 Å². The zero-order valence-electron chi connectivity index (χ0n) is 12.5. The van der Waals surface area contributed by atoms with Crippen LogP contribution >= 0.6 is 11.8 Å². The van der Waals surface area contributed by atoms with Crippen LogP contribution in [0, 0.1) is 0 Å². The average molecular weight is 307 g/mol. The molecule has 0 radical (unpaired) electrons. The number of ketones is 1. The molecule has 1 aliphatic rings. The van der Waals surface area contributed by atoms with Gasteiger partial charge in [-0.25, -0.2) is 0 Å². The molecule has 0 unspecified atom stereocenters. The van der Waals surface area contributed by atoms with Crippen LogP contribution in [0.25, 0.3) is 0 Å². The van der Waals surface area contributed by atoms with Crippen LogP contribution < -0.4 is 5.32 Å². The van der Waals surface area contributed by atoms with Gasteiger partial charge in [-0.15, -0.1) is 11.8 Å². The smallest absolute Gasteiger partial charge is 0.252 e. The number of carbonyl (C=O) groups is 2. The summed E-state index contributed by atoms with van der Waals surface area (Å²) in [7, 11) is 0. The highest BCUT2D eigenvalue weighted by Crippen LogP contribution is 2.32. The summed E-state index contributed by atoms with van der Waals surface area (Å²) in [6.07, 6.45) is 1.55. The molecule has 21 heavy (non-hydrogen) atoms. The molecule has 1 aromatic carbocycles. The lowest BCUT2D eigenvalue weighted by molar-refractivity contribution is 0.0756. The first-order valence-corrected chi connectivity index (χ1v) is 8.27. The summed E-state index contributed by atoms with van der Waals surface area (Å²) in [6.45, 7) is 5.19. The van der Waals surface area contributed by atoms with E-state index in [-0.39, 0.29) is 17.8 Å². The summed E-state index contributed by atoms with van der Waals surface area (Å²) in [6, 6.07) is 5.36. The molecule has 0 spiro atoms. The Morgan fingerprint density at radius 2 is 2.24 bits per heavy atom. The Morgan fingerprint density at radius 3 is 3.00 bits per heavy atom. The van der Waals surface area contributed by atoms with E-state index >= 15 is 0 Å². The predicted octanol–water partition coefficient (Wildman–Crippen LogP) is 2.91. The van der Waals surface area contributed by atoms with Gasteiger partial charge in [0.25, 0.3) is 5.91 Å². The van der Waals surface area contributed by atoms with Crippen molar-refractivity contribution in [2.75, 3.05) is 18.9 Å². The highest BCUT2D eigenvalue weighted by Gasteiger charge is 2.22. The van der Waals surface area contributed by atoms with Gasteiger partial charge < -0.3 is 10.1 Å². The quantitative estimate of drug-likeness (QED) is 0.821. The summed E-state index contributed by atoms with van der Waals surface area (Å²) in [5.41, 5.74) is 1.29. The molecule has 1 aliphatic heterocycles. The largest absolute Gasteiger partial charge is 0.379 e. The Labute approximate surface area is 129 Å². The molecule has 0 saturated carbocycles. The normalized spacial score (nSPS) is 14.1. The number of carbonyl (C=O) groups excluding carboxylic acids is 2. The van der Waals surface area contributed by atoms with Crippen molar-refractivity contribution in [1.29, 1.82) is 0 Å². The van der Waals surface area contributed by atoms with E-state index in [1.165, 1.54) is 0 Å². The van der Waals surface area contributed by atoms with Crippen molar-refractivity contribution in [2.45, 2.75) is 37.7 Å². The molecule has 4 nitrogen and oxygen atoms in total. The second-order valence-electron chi connectivity index (χ2n) is 5.23. The predicted molar refractivity (Wildman–Crippen MR) is 84.2 cm³/mol. The third-order valence-corrected chi connectivity index (χ3v) is 4.33. The van der Waals surface area contributed by atoms with E-state index in [9.17, 15) is 9.59 Å². The van der Waals surface area contributed by atoms with Crippen LogP contribution in [0.5, 0.6) is 0 Å². The van der Waals surface area contributed by atoms with Crippen LogP contribution in [0.2, 0.25) is 0 Å². The first-order chi connectivity index (χ1) is 10.1. The summed E-state index contributed by atoms with van der Waals surface area (Å²) >= 11 is 1.59. The lowest BCUT2D eigenvalue weighted by Gasteiger charge is -2.17. The van der Waals surface area contributed by atoms with Gasteiger partial charge in [-0.05, 0) is 26.3 Å². The summed E-state index contributed by atoms with van der Waals surface area (Å²) in [4.78, 5) is 24.9. The highest BCUT2D eigenvalue weighted by molar-refractivity contribution is 7.99. The molecule has 0 aromatic heterocycles. The number of Topliss-reactive ketones (excluding diaryl/α,β-unsaturated/α-hetero) is 1. The van der Waals surface area contributed by atoms with E-state index in [0.717, 1.165) is 17.1 Å². The average Bonchev–Trinajstić information content (AvgIpc) is 2.46. The molecule has 0 atom stereocenters. The van der Waals surface area contributed by atoms with Gasteiger partial charge >= 0.3 is 0 Å². The van der Waals surface area contributed by atoms with Crippen LogP contribution in [0.3, 0.4) is 0 Å². The number of hydrogen-bond acceptors (Lipinski definition) is 4. The highest BCUT2D eigenvalue weighted by atomic mass is 32.2. The summed E-state index contributed by atoms with van der Waals surface area (Å²) in [5.74, 6) is 0.764. The number of hydrogen-bond donors (Lipinski definition) is 1. The summed E-state index contributed by atoms with van der Waals surface area (Å²) in [5, 5.41) is 2.89. The number of fused-ring (bicyclic) bond motifs is 1. The monoisotopic (exact) mass is 307 g/mol. The van der Waals surface area contributed by atoms with E-state index in [2.05, 4.69) is 5.32 Å². The Morgan fingerprint density at radius 1 is 1.43 bits per heavy atom. The zero-order valence-corrected chi connectivity index (χ0v) is 13.3. The molecule has 1 aromatic rings. The maximum absolute atomic E-state index is 12.2. The van der Waals surface area contributed by atoms with Gasteiger partial charge in [-0.3, -0.25) is 9.59 Å². The maximum atomic E-state index is 12.2. The number of benzene rings is 1. The number of thioether (sulfide) groups is 1. The third kappa shape index (κ3) is 4.32. The maximum Gasteiger partial charge on any atom is 0.252 e. The van der Waals surface area contributed by atoms with Crippen molar-refractivity contribution in [3.8, 4) is 0 Å². The van der Waals surface area contributed by atoms with Gasteiger partial charge in [0, 0.05) is 35.8 Å². The van der Waals surface area contributed by atoms with E-state index in [1.54, 1.807) is 30.0 Å². The number of amides is 1. The second-order valence-corrected chi connectivity index (χ2v) is 6.34. The van der Waals surface area contributed by atoms with Gasteiger partial charge in [-0.1, -0.05) is 12.1 Å². The molecular weight excluding hydrogens is 286 g/mol. The van der Waals surface area contributed by atoms with Crippen LogP contribution in [-0.2, 0) is 4.74 Å². The number of rotatable bonds is 6. The molecule has 1 N–H and O–H groups in total. The molecule has 5 heteroatoms. The Balaban J connectivity index is 1.94. The SMILES string of the molecule is CC(C)OCCCNC(=O)c1cccc2c1SCCC2=O. The fraction of sp³-hybridized carbons (Fsp3) is 0.500. The standard InChI is InChI=1S/C16H21NO3S/c1-11(2)20-9-4-8-17-16(19)13-6-3-5-12-14(18)7-10-21-15(12)13/h3,5-6,11H,4,7-10H2,1-2H3,(H,17,19). The topological polar surface area (TPSA) is 55.4 Å². The van der Waals surface area contributed by atoms with Gasteiger partial charge in [0.2, 0.25) is 0 Å². The molecule has 0 saturated heterocycles. The van der Waals surface area contributed by atoms with E-state index < -0.39 is 0 Å². The zero-order chi connectivity index (χ0) is 15.2. The minimum atomic E-state index is -0.112. The molecule has 114 valence electrons. The van der Waals surface area contributed by atoms with Gasteiger partial charge in [0.1, 0.15) is 0 Å². The van der Waals surface area contributed by atoms with Crippen molar-refractivity contribution in [3.63, 3.8) is 0 Å². The first-order valence-electron chi connectivity index (χ1n) is 7.28. The second kappa shape index (κ2) is 7.61. The lowest BCUT2D eigenvalue weighted by atomic mass is 10.0. The van der Waals surface area contributed by atoms with Crippen molar-refractivity contribution in [3.05, 3.63) is 29.3 Å².